The van der Waals surface area contributed by atoms with Crippen molar-refractivity contribution in [3.05, 3.63) is 48.2 Å². The molecular formula is C17H24N2O3. The van der Waals surface area contributed by atoms with E-state index in [0.29, 0.717) is 6.42 Å². The Morgan fingerprint density at radius 1 is 1.23 bits per heavy atom. The van der Waals surface area contributed by atoms with Crippen molar-refractivity contribution in [3.63, 3.8) is 0 Å². The van der Waals surface area contributed by atoms with Gasteiger partial charge in [0.2, 0.25) is 5.91 Å². The number of allylic oxidation sites excluding steroid dienone is 1. The molecule has 0 heterocycles. The van der Waals surface area contributed by atoms with Gasteiger partial charge in [0.1, 0.15) is 12.6 Å². The van der Waals surface area contributed by atoms with Crippen LogP contribution in [0.4, 0.5) is 4.79 Å². The topological polar surface area (TPSA) is 67.4 Å². The number of carbonyl (C=O) groups excluding carboxylic acids is 2. The maximum absolute atomic E-state index is 12.0. The number of hydrogen-bond donors (Lipinski definition) is 2. The zero-order chi connectivity index (χ0) is 16.4. The lowest BCUT2D eigenvalue weighted by Gasteiger charge is -2.19. The Labute approximate surface area is 131 Å². The second-order valence-electron chi connectivity index (χ2n) is 5.40. The molecule has 0 saturated carbocycles. The van der Waals surface area contributed by atoms with Gasteiger partial charge in [-0.1, -0.05) is 50.3 Å². The number of nitrogens with one attached hydrogen (secondary N) is 2. The first-order chi connectivity index (χ1) is 10.5. The summed E-state index contributed by atoms with van der Waals surface area (Å²) in [6.07, 6.45) is 3.22. The summed E-state index contributed by atoms with van der Waals surface area (Å²) in [5.74, 6) is 0.0271. The van der Waals surface area contributed by atoms with Crippen molar-refractivity contribution in [1.29, 1.82) is 0 Å². The van der Waals surface area contributed by atoms with Crippen molar-refractivity contribution < 1.29 is 14.3 Å². The van der Waals surface area contributed by atoms with Gasteiger partial charge >= 0.3 is 6.09 Å². The number of alkyl carbamates (subject to hydrolysis) is 1. The van der Waals surface area contributed by atoms with Crippen LogP contribution in [-0.2, 0) is 16.1 Å². The van der Waals surface area contributed by atoms with Crippen molar-refractivity contribution in [1.82, 2.24) is 10.6 Å². The standard InChI is InChI=1S/C17H24N2O3/c1-4-10-18-16(20)15(11-13(2)3)19-17(21)22-12-14-8-6-5-7-9-14/h4-10,13,15H,11-12H2,1-3H3,(H,18,20)(H,19,21)/t15-/m0/s1. The van der Waals surface area contributed by atoms with E-state index >= 15 is 0 Å². The molecule has 22 heavy (non-hydrogen) atoms. The molecular weight excluding hydrogens is 280 g/mol. The van der Waals surface area contributed by atoms with E-state index in [1.165, 1.54) is 0 Å². The highest BCUT2D eigenvalue weighted by Crippen LogP contribution is 2.06. The second kappa shape index (κ2) is 9.60. The van der Waals surface area contributed by atoms with Gasteiger partial charge in [0, 0.05) is 0 Å². The minimum absolute atomic E-state index is 0.178. The lowest BCUT2D eigenvalue weighted by molar-refractivity contribution is -0.122. The van der Waals surface area contributed by atoms with Gasteiger partial charge in [-0.3, -0.25) is 4.79 Å². The van der Waals surface area contributed by atoms with E-state index in [2.05, 4.69) is 10.6 Å². The summed E-state index contributed by atoms with van der Waals surface area (Å²) in [6.45, 7) is 5.97. The largest absolute Gasteiger partial charge is 0.445 e. The van der Waals surface area contributed by atoms with Gasteiger partial charge in [-0.25, -0.2) is 4.79 Å². The van der Waals surface area contributed by atoms with Gasteiger partial charge in [0.15, 0.2) is 0 Å². The lowest BCUT2D eigenvalue weighted by Crippen LogP contribution is -2.46. The molecule has 2 amide bonds. The number of carbonyl (C=O) groups is 2. The highest BCUT2D eigenvalue weighted by Gasteiger charge is 2.21. The molecule has 0 aromatic heterocycles. The van der Waals surface area contributed by atoms with E-state index in [4.69, 9.17) is 4.74 Å². The summed E-state index contributed by atoms with van der Waals surface area (Å²) < 4.78 is 5.15. The van der Waals surface area contributed by atoms with Crippen molar-refractivity contribution >= 4 is 12.0 Å². The van der Waals surface area contributed by atoms with E-state index < -0.39 is 12.1 Å². The Hall–Kier alpha value is -2.30. The van der Waals surface area contributed by atoms with Gasteiger partial charge in [0.05, 0.1) is 0 Å². The van der Waals surface area contributed by atoms with E-state index in [0.717, 1.165) is 5.56 Å². The number of amides is 2. The summed E-state index contributed by atoms with van der Waals surface area (Å²) in [5, 5.41) is 5.25. The third-order valence-corrected chi connectivity index (χ3v) is 2.92. The summed E-state index contributed by atoms with van der Waals surface area (Å²) in [7, 11) is 0. The van der Waals surface area contributed by atoms with Crippen LogP contribution in [0, 0.1) is 5.92 Å². The van der Waals surface area contributed by atoms with Crippen molar-refractivity contribution in [2.45, 2.75) is 39.8 Å². The first-order valence-electron chi connectivity index (χ1n) is 7.41. The van der Waals surface area contributed by atoms with Crippen LogP contribution in [0.3, 0.4) is 0 Å². The third-order valence-electron chi connectivity index (χ3n) is 2.92. The molecule has 0 aliphatic heterocycles. The highest BCUT2D eigenvalue weighted by atomic mass is 16.5. The Kier molecular flexibility index (Phi) is 7.75. The summed E-state index contributed by atoms with van der Waals surface area (Å²) >= 11 is 0. The maximum atomic E-state index is 12.0. The molecule has 1 aromatic carbocycles. The first kappa shape index (κ1) is 17.8. The summed E-state index contributed by atoms with van der Waals surface area (Å²) in [6, 6.07) is 8.79. The minimum atomic E-state index is -0.612. The molecule has 1 rings (SSSR count). The van der Waals surface area contributed by atoms with Gasteiger partial charge in [0.25, 0.3) is 0 Å². The molecule has 0 saturated heterocycles. The van der Waals surface area contributed by atoms with Gasteiger partial charge in [-0.05, 0) is 31.0 Å². The predicted octanol–water partition coefficient (Wildman–Crippen LogP) is 2.98. The fourth-order valence-corrected chi connectivity index (χ4v) is 1.88. The zero-order valence-electron chi connectivity index (χ0n) is 13.3. The van der Waals surface area contributed by atoms with E-state index in [1.54, 1.807) is 19.2 Å². The Morgan fingerprint density at radius 3 is 2.50 bits per heavy atom. The van der Waals surface area contributed by atoms with Crippen LogP contribution >= 0.6 is 0 Å². The van der Waals surface area contributed by atoms with Crippen molar-refractivity contribution in [2.75, 3.05) is 0 Å². The van der Waals surface area contributed by atoms with Crippen LogP contribution in [0.15, 0.2) is 42.6 Å². The van der Waals surface area contributed by atoms with Gasteiger partial charge in [-0.2, -0.15) is 0 Å². The Morgan fingerprint density at radius 2 is 1.91 bits per heavy atom. The molecule has 0 aliphatic carbocycles. The molecule has 1 atom stereocenters. The lowest BCUT2D eigenvalue weighted by atomic mass is 10.0. The molecule has 5 heteroatoms. The quantitative estimate of drug-likeness (QED) is 0.814. The summed E-state index contributed by atoms with van der Waals surface area (Å²) in [5.41, 5.74) is 0.899. The van der Waals surface area contributed by atoms with Crippen LogP contribution in [0.25, 0.3) is 0 Å². The van der Waals surface area contributed by atoms with Gasteiger partial charge in [-0.15, -0.1) is 0 Å². The van der Waals surface area contributed by atoms with Crippen LogP contribution in [0.2, 0.25) is 0 Å². The Bertz CT molecular complexity index is 498. The molecule has 0 bridgehead atoms. The fraction of sp³-hybridized carbons (Fsp3) is 0.412. The molecule has 2 N–H and O–H groups in total. The van der Waals surface area contributed by atoms with Crippen LogP contribution in [-0.4, -0.2) is 18.0 Å². The second-order valence-corrected chi connectivity index (χ2v) is 5.40. The van der Waals surface area contributed by atoms with E-state index in [9.17, 15) is 9.59 Å². The molecule has 5 nitrogen and oxygen atoms in total. The molecule has 0 fully saturated rings. The van der Waals surface area contributed by atoms with Crippen LogP contribution < -0.4 is 10.6 Å². The van der Waals surface area contributed by atoms with Gasteiger partial charge < -0.3 is 15.4 Å². The third kappa shape index (κ3) is 6.92. The normalized spacial score (nSPS) is 12.2. The molecule has 120 valence electrons. The molecule has 1 aromatic rings. The molecule has 0 radical (unpaired) electrons. The first-order valence-corrected chi connectivity index (χ1v) is 7.41. The average molecular weight is 304 g/mol. The van der Waals surface area contributed by atoms with Crippen molar-refractivity contribution in [3.8, 4) is 0 Å². The monoisotopic (exact) mass is 304 g/mol. The molecule has 0 aliphatic rings. The van der Waals surface area contributed by atoms with E-state index in [-0.39, 0.29) is 18.4 Å². The van der Waals surface area contributed by atoms with E-state index in [1.807, 2.05) is 44.2 Å². The Balaban J connectivity index is 2.52. The number of rotatable bonds is 7. The molecule has 0 spiro atoms. The van der Waals surface area contributed by atoms with Crippen LogP contribution in [0.5, 0.6) is 0 Å². The SMILES string of the molecule is CC=CNC(=O)[C@H](CC(C)C)NC(=O)OCc1ccccc1. The van der Waals surface area contributed by atoms with Crippen molar-refractivity contribution in [2.24, 2.45) is 5.92 Å². The smallest absolute Gasteiger partial charge is 0.408 e. The fourth-order valence-electron chi connectivity index (χ4n) is 1.88. The number of ether oxygens (including phenoxy) is 1. The average Bonchev–Trinajstić information content (AvgIpc) is 2.50. The maximum Gasteiger partial charge on any atom is 0.408 e. The summed E-state index contributed by atoms with van der Waals surface area (Å²) in [4.78, 5) is 23.9. The number of hydrogen-bond acceptors (Lipinski definition) is 3. The van der Waals surface area contributed by atoms with Crippen LogP contribution in [0.1, 0.15) is 32.8 Å². The number of benzene rings is 1. The predicted molar refractivity (Wildman–Crippen MR) is 86.0 cm³/mol. The highest BCUT2D eigenvalue weighted by molar-refractivity contribution is 5.86. The minimum Gasteiger partial charge on any atom is -0.445 e. The zero-order valence-corrected chi connectivity index (χ0v) is 13.3. The molecule has 0 unspecified atom stereocenters.